The van der Waals surface area contributed by atoms with Gasteiger partial charge >= 0.3 is 5.97 Å². The molecule has 12 heavy (non-hydrogen) atoms. The molecule has 0 amide bonds. The summed E-state index contributed by atoms with van der Waals surface area (Å²) < 4.78 is 4.68. The molecule has 1 fully saturated rings. The second-order valence-electron chi connectivity index (χ2n) is 3.02. The molecular formula is C9H15NO2. The predicted molar refractivity (Wildman–Crippen MR) is 46.5 cm³/mol. The monoisotopic (exact) mass is 169 g/mol. The number of rotatable bonds is 1. The van der Waals surface area contributed by atoms with E-state index < -0.39 is 0 Å². The van der Waals surface area contributed by atoms with Crippen LogP contribution < -0.4 is 5.32 Å². The van der Waals surface area contributed by atoms with Crippen LogP contribution in [-0.4, -0.2) is 19.6 Å². The van der Waals surface area contributed by atoms with Crippen molar-refractivity contribution >= 4 is 5.97 Å². The standard InChI is InChI=1S/C9H15NO2/c1-7-8(9(11)12-2)5-3-4-6-10-7/h8,10H,1,3-6H2,2H3. The summed E-state index contributed by atoms with van der Waals surface area (Å²) in [6.07, 6.45) is 3.02. The van der Waals surface area contributed by atoms with Crippen LogP contribution in [0.2, 0.25) is 0 Å². The van der Waals surface area contributed by atoms with Crippen LogP contribution in [-0.2, 0) is 9.53 Å². The molecule has 1 atom stereocenters. The first-order valence-corrected chi connectivity index (χ1v) is 4.26. The van der Waals surface area contributed by atoms with Gasteiger partial charge in [-0.1, -0.05) is 13.0 Å². The van der Waals surface area contributed by atoms with Gasteiger partial charge in [0, 0.05) is 12.2 Å². The van der Waals surface area contributed by atoms with E-state index in [0.717, 1.165) is 31.5 Å². The molecule has 3 heteroatoms. The summed E-state index contributed by atoms with van der Waals surface area (Å²) >= 11 is 0. The summed E-state index contributed by atoms with van der Waals surface area (Å²) in [5.41, 5.74) is 0.805. The van der Waals surface area contributed by atoms with Crippen molar-refractivity contribution in [2.75, 3.05) is 13.7 Å². The number of ether oxygens (including phenoxy) is 1. The first-order chi connectivity index (χ1) is 5.75. The van der Waals surface area contributed by atoms with E-state index >= 15 is 0 Å². The van der Waals surface area contributed by atoms with Crippen LogP contribution in [0.5, 0.6) is 0 Å². The number of carbonyl (C=O) groups excluding carboxylic acids is 1. The molecule has 1 saturated heterocycles. The average molecular weight is 169 g/mol. The lowest BCUT2D eigenvalue weighted by Gasteiger charge is -2.14. The van der Waals surface area contributed by atoms with Crippen LogP contribution in [0.3, 0.4) is 0 Å². The zero-order valence-corrected chi connectivity index (χ0v) is 7.43. The number of hydrogen-bond donors (Lipinski definition) is 1. The molecule has 1 heterocycles. The summed E-state index contributed by atoms with van der Waals surface area (Å²) in [7, 11) is 1.42. The van der Waals surface area contributed by atoms with Gasteiger partial charge in [-0.25, -0.2) is 0 Å². The summed E-state index contributed by atoms with van der Waals surface area (Å²) in [6, 6.07) is 0. The van der Waals surface area contributed by atoms with Gasteiger partial charge in [-0.2, -0.15) is 0 Å². The molecule has 0 aromatic heterocycles. The molecule has 0 aromatic carbocycles. The van der Waals surface area contributed by atoms with Crippen molar-refractivity contribution in [3.8, 4) is 0 Å². The Morgan fingerprint density at radius 3 is 3.08 bits per heavy atom. The van der Waals surface area contributed by atoms with E-state index in [4.69, 9.17) is 0 Å². The maximum absolute atomic E-state index is 11.2. The third kappa shape index (κ3) is 2.00. The fraction of sp³-hybridized carbons (Fsp3) is 0.667. The highest BCUT2D eigenvalue weighted by Gasteiger charge is 2.23. The lowest BCUT2D eigenvalue weighted by molar-refractivity contribution is -0.144. The Bertz CT molecular complexity index is 189. The molecule has 0 spiro atoms. The molecule has 0 aliphatic carbocycles. The molecule has 0 aromatic rings. The number of hydrogen-bond acceptors (Lipinski definition) is 3. The topological polar surface area (TPSA) is 38.3 Å². The average Bonchev–Trinajstić information content (AvgIpc) is 2.28. The van der Waals surface area contributed by atoms with Crippen molar-refractivity contribution < 1.29 is 9.53 Å². The maximum Gasteiger partial charge on any atom is 0.314 e. The summed E-state index contributed by atoms with van der Waals surface area (Å²) in [6.45, 7) is 4.74. The molecular weight excluding hydrogens is 154 g/mol. The Morgan fingerprint density at radius 1 is 1.67 bits per heavy atom. The van der Waals surface area contributed by atoms with E-state index in [1.807, 2.05) is 0 Å². The summed E-state index contributed by atoms with van der Waals surface area (Å²) in [4.78, 5) is 11.2. The van der Waals surface area contributed by atoms with E-state index in [1.165, 1.54) is 7.11 Å². The lowest BCUT2D eigenvalue weighted by atomic mass is 10.0. The van der Waals surface area contributed by atoms with Crippen LogP contribution in [0.15, 0.2) is 12.3 Å². The zero-order chi connectivity index (χ0) is 8.97. The second kappa shape index (κ2) is 4.14. The van der Waals surface area contributed by atoms with Crippen LogP contribution >= 0.6 is 0 Å². The van der Waals surface area contributed by atoms with Crippen molar-refractivity contribution in [1.82, 2.24) is 5.32 Å². The van der Waals surface area contributed by atoms with Gasteiger partial charge in [-0.3, -0.25) is 4.79 Å². The van der Waals surface area contributed by atoms with Gasteiger partial charge in [-0.05, 0) is 12.8 Å². The quantitative estimate of drug-likeness (QED) is 0.596. The van der Waals surface area contributed by atoms with Crippen molar-refractivity contribution in [3.63, 3.8) is 0 Å². The zero-order valence-electron chi connectivity index (χ0n) is 7.43. The molecule has 1 aliphatic rings. The van der Waals surface area contributed by atoms with Crippen molar-refractivity contribution in [3.05, 3.63) is 12.3 Å². The highest BCUT2D eigenvalue weighted by atomic mass is 16.5. The van der Waals surface area contributed by atoms with Crippen molar-refractivity contribution in [2.24, 2.45) is 5.92 Å². The molecule has 0 bridgehead atoms. The molecule has 0 saturated carbocycles. The first kappa shape index (κ1) is 9.10. The third-order valence-corrected chi connectivity index (χ3v) is 2.18. The Morgan fingerprint density at radius 2 is 2.42 bits per heavy atom. The summed E-state index contributed by atoms with van der Waals surface area (Å²) in [5, 5.41) is 3.11. The van der Waals surface area contributed by atoms with Crippen LogP contribution in [0.25, 0.3) is 0 Å². The van der Waals surface area contributed by atoms with Gasteiger partial charge in [0.2, 0.25) is 0 Å². The molecule has 1 unspecified atom stereocenters. The smallest absolute Gasteiger partial charge is 0.314 e. The fourth-order valence-electron chi connectivity index (χ4n) is 1.42. The summed E-state index contributed by atoms with van der Waals surface area (Å²) in [5.74, 6) is -0.313. The minimum Gasteiger partial charge on any atom is -0.469 e. The van der Waals surface area contributed by atoms with E-state index in [2.05, 4.69) is 16.6 Å². The van der Waals surface area contributed by atoms with Crippen LogP contribution in [0.4, 0.5) is 0 Å². The van der Waals surface area contributed by atoms with Gasteiger partial charge in [0.15, 0.2) is 0 Å². The SMILES string of the molecule is C=C1NCCCCC1C(=O)OC. The molecule has 3 nitrogen and oxygen atoms in total. The van der Waals surface area contributed by atoms with Crippen LogP contribution in [0, 0.1) is 5.92 Å². The normalized spacial score (nSPS) is 24.1. The van der Waals surface area contributed by atoms with Gasteiger partial charge in [-0.15, -0.1) is 0 Å². The Hall–Kier alpha value is -0.990. The Labute approximate surface area is 72.8 Å². The van der Waals surface area contributed by atoms with E-state index in [1.54, 1.807) is 0 Å². The second-order valence-corrected chi connectivity index (χ2v) is 3.02. The molecule has 68 valence electrons. The molecule has 0 radical (unpaired) electrons. The van der Waals surface area contributed by atoms with Crippen LogP contribution in [0.1, 0.15) is 19.3 Å². The van der Waals surface area contributed by atoms with E-state index in [0.29, 0.717) is 0 Å². The minimum absolute atomic E-state index is 0.141. The molecule has 1 rings (SSSR count). The van der Waals surface area contributed by atoms with E-state index in [9.17, 15) is 4.79 Å². The van der Waals surface area contributed by atoms with Gasteiger partial charge < -0.3 is 10.1 Å². The highest BCUT2D eigenvalue weighted by Crippen LogP contribution is 2.19. The Balaban J connectivity index is 2.59. The predicted octanol–water partition coefficient (Wildman–Crippen LogP) is 1.06. The van der Waals surface area contributed by atoms with Crippen molar-refractivity contribution in [1.29, 1.82) is 0 Å². The number of esters is 1. The number of methoxy groups -OCH3 is 1. The van der Waals surface area contributed by atoms with Gasteiger partial charge in [0.1, 0.15) is 0 Å². The molecule has 1 N–H and O–H groups in total. The largest absolute Gasteiger partial charge is 0.469 e. The fourth-order valence-corrected chi connectivity index (χ4v) is 1.42. The van der Waals surface area contributed by atoms with E-state index in [-0.39, 0.29) is 11.9 Å². The Kier molecular flexibility index (Phi) is 3.14. The lowest BCUT2D eigenvalue weighted by Crippen LogP contribution is -2.24. The highest BCUT2D eigenvalue weighted by molar-refractivity contribution is 5.75. The number of carbonyl (C=O) groups is 1. The van der Waals surface area contributed by atoms with Crippen molar-refractivity contribution in [2.45, 2.75) is 19.3 Å². The first-order valence-electron chi connectivity index (χ1n) is 4.26. The van der Waals surface area contributed by atoms with Gasteiger partial charge in [0.25, 0.3) is 0 Å². The maximum atomic E-state index is 11.2. The molecule has 1 aliphatic heterocycles. The number of nitrogens with one attached hydrogen (secondary N) is 1. The third-order valence-electron chi connectivity index (χ3n) is 2.18. The minimum atomic E-state index is -0.172. The van der Waals surface area contributed by atoms with Gasteiger partial charge in [0.05, 0.1) is 13.0 Å².